The number of sulfonamides is 1. The number of carbonyl (C=O) groups is 1. The fraction of sp³-hybridized carbons (Fsp3) is 0.450. The topological polar surface area (TPSA) is 128 Å². The molecule has 3 N–H and O–H groups in total. The van der Waals surface area contributed by atoms with Gasteiger partial charge in [0.2, 0.25) is 10.0 Å². The Hall–Kier alpha value is -2.92. The molecule has 5 rings (SSSR count). The molecule has 1 aliphatic heterocycles. The Morgan fingerprint density at radius 1 is 1.23 bits per heavy atom. The fourth-order valence-electron chi connectivity index (χ4n) is 4.81. The van der Waals surface area contributed by atoms with Crippen LogP contribution in [-0.2, 0) is 17.1 Å². The third-order valence-electron chi connectivity index (χ3n) is 6.69. The number of hydrogen-bond acceptors (Lipinski definition) is 6. The van der Waals surface area contributed by atoms with Crippen LogP contribution >= 0.6 is 0 Å². The Balaban J connectivity index is 1.58. The van der Waals surface area contributed by atoms with E-state index in [2.05, 4.69) is 15.5 Å². The molecule has 2 aliphatic rings. The zero-order valence-corrected chi connectivity index (χ0v) is 18.3. The first-order chi connectivity index (χ1) is 14.7. The van der Waals surface area contributed by atoms with E-state index in [1.807, 2.05) is 25.5 Å². The predicted molar refractivity (Wildman–Crippen MR) is 116 cm³/mol. The summed E-state index contributed by atoms with van der Waals surface area (Å²) >= 11 is 0. The minimum atomic E-state index is -3.30. The van der Waals surface area contributed by atoms with Crippen LogP contribution in [0.4, 0.5) is 5.69 Å². The minimum absolute atomic E-state index is 0.114. The second kappa shape index (κ2) is 6.79. The van der Waals surface area contributed by atoms with E-state index in [1.54, 1.807) is 15.4 Å². The number of hydrogen-bond donors (Lipinski definition) is 2. The van der Waals surface area contributed by atoms with E-state index < -0.39 is 15.9 Å². The summed E-state index contributed by atoms with van der Waals surface area (Å²) in [7, 11) is -1.45. The number of carbonyl (C=O) groups excluding carboxylic acids is 1. The number of nitrogens with two attached hydrogens (primary N) is 1. The second-order valence-electron chi connectivity index (χ2n) is 8.73. The summed E-state index contributed by atoms with van der Waals surface area (Å²) in [6.07, 6.45) is 11.2. The Bertz CT molecular complexity index is 1290. The maximum absolute atomic E-state index is 12.2. The average molecular weight is 444 g/mol. The molecule has 1 amide bonds. The highest BCUT2D eigenvalue weighted by molar-refractivity contribution is 7.88. The first-order valence-electron chi connectivity index (χ1n) is 10.2. The van der Waals surface area contributed by atoms with Gasteiger partial charge in [-0.05, 0) is 18.9 Å². The Morgan fingerprint density at radius 3 is 2.58 bits per heavy atom. The van der Waals surface area contributed by atoms with Gasteiger partial charge in [0, 0.05) is 55.1 Å². The number of aryl methyl sites for hydroxylation is 1. The molecule has 31 heavy (non-hydrogen) atoms. The number of fused-ring (bicyclic) bond motifs is 1. The molecular formula is C20H25N7O3S. The largest absolute Gasteiger partial charge is 0.378 e. The monoisotopic (exact) mass is 443 g/mol. The number of anilines is 1. The Kier molecular flexibility index (Phi) is 4.38. The lowest BCUT2D eigenvalue weighted by Gasteiger charge is -2.43. The van der Waals surface area contributed by atoms with Crippen molar-refractivity contribution in [3.63, 3.8) is 0 Å². The van der Waals surface area contributed by atoms with Crippen LogP contribution < -0.4 is 11.1 Å². The van der Waals surface area contributed by atoms with Crippen LogP contribution in [0.15, 0.2) is 30.9 Å². The lowest BCUT2D eigenvalue weighted by molar-refractivity contribution is 0.1000. The minimum Gasteiger partial charge on any atom is -0.378 e. The van der Waals surface area contributed by atoms with Gasteiger partial charge in [-0.25, -0.2) is 12.9 Å². The highest BCUT2D eigenvalue weighted by Gasteiger charge is 2.52. The van der Waals surface area contributed by atoms with E-state index in [1.165, 1.54) is 16.8 Å². The fourth-order valence-corrected chi connectivity index (χ4v) is 5.72. The summed E-state index contributed by atoms with van der Waals surface area (Å²) in [5.74, 6) is -0.581. The quantitative estimate of drug-likeness (QED) is 0.607. The van der Waals surface area contributed by atoms with Crippen molar-refractivity contribution in [1.29, 1.82) is 0 Å². The van der Waals surface area contributed by atoms with Crippen molar-refractivity contribution in [1.82, 2.24) is 23.7 Å². The number of primary amides is 1. The molecule has 1 spiro atoms. The summed E-state index contributed by atoms with van der Waals surface area (Å²) in [6, 6.07) is 1.83. The maximum atomic E-state index is 12.2. The molecular weight excluding hydrogens is 418 g/mol. The van der Waals surface area contributed by atoms with Crippen LogP contribution in [0.2, 0.25) is 0 Å². The Labute approximate surface area is 180 Å². The van der Waals surface area contributed by atoms with Gasteiger partial charge in [-0.3, -0.25) is 9.48 Å². The van der Waals surface area contributed by atoms with Gasteiger partial charge >= 0.3 is 0 Å². The van der Waals surface area contributed by atoms with E-state index in [4.69, 9.17) is 5.73 Å². The average Bonchev–Trinajstić information content (AvgIpc) is 3.36. The van der Waals surface area contributed by atoms with E-state index >= 15 is 0 Å². The highest BCUT2D eigenvalue weighted by atomic mass is 32.2. The molecule has 11 heteroatoms. The van der Waals surface area contributed by atoms with Crippen molar-refractivity contribution in [2.45, 2.75) is 25.3 Å². The van der Waals surface area contributed by atoms with Crippen molar-refractivity contribution in [3.8, 4) is 11.1 Å². The highest BCUT2D eigenvalue weighted by Crippen LogP contribution is 2.50. The molecule has 1 saturated heterocycles. The summed E-state index contributed by atoms with van der Waals surface area (Å²) in [5, 5.41) is 12.1. The summed E-state index contributed by atoms with van der Waals surface area (Å²) in [6.45, 7) is 0.862. The molecule has 0 radical (unpaired) electrons. The van der Waals surface area contributed by atoms with Crippen molar-refractivity contribution in [2.75, 3.05) is 24.7 Å². The standard InChI is InChI=1S/C20H25N7O3S/c1-25-9-14(7-22-25)13-6-16-18(15(19(21)28)8-23-27(16)10-13)24-17-11-26(31(2,29)30)12-20(17)4-3-5-20/h6-10,17,24H,3-5,11-12H2,1-2H3,(H2,21,28). The van der Waals surface area contributed by atoms with Crippen molar-refractivity contribution < 1.29 is 13.2 Å². The van der Waals surface area contributed by atoms with Gasteiger partial charge in [-0.2, -0.15) is 14.5 Å². The zero-order valence-electron chi connectivity index (χ0n) is 17.4. The zero-order chi connectivity index (χ0) is 22.0. The van der Waals surface area contributed by atoms with E-state index in [0.29, 0.717) is 24.3 Å². The number of amides is 1. The molecule has 3 aromatic rings. The van der Waals surface area contributed by atoms with Crippen molar-refractivity contribution >= 4 is 27.1 Å². The van der Waals surface area contributed by atoms with Crippen LogP contribution in [0.3, 0.4) is 0 Å². The van der Waals surface area contributed by atoms with Crippen LogP contribution in [0.25, 0.3) is 16.6 Å². The molecule has 1 unspecified atom stereocenters. The summed E-state index contributed by atoms with van der Waals surface area (Å²) < 4.78 is 29.4. The SMILES string of the molecule is Cn1cc(-c2cc3c(NC4CN(S(C)(=O)=O)CC45CCC5)c(C(N)=O)cnn3c2)cn1. The first-order valence-corrected chi connectivity index (χ1v) is 12.0. The normalized spacial score (nSPS) is 20.9. The lowest BCUT2D eigenvalue weighted by Crippen LogP contribution is -2.45. The van der Waals surface area contributed by atoms with E-state index in [9.17, 15) is 13.2 Å². The van der Waals surface area contributed by atoms with Crippen LogP contribution in [-0.4, -0.2) is 63.4 Å². The number of nitrogens with one attached hydrogen (secondary N) is 1. The number of rotatable bonds is 5. The Morgan fingerprint density at radius 2 is 2.00 bits per heavy atom. The van der Waals surface area contributed by atoms with Gasteiger partial charge < -0.3 is 11.1 Å². The smallest absolute Gasteiger partial charge is 0.252 e. The summed E-state index contributed by atoms with van der Waals surface area (Å²) in [4.78, 5) is 12.2. The molecule has 1 aliphatic carbocycles. The lowest BCUT2D eigenvalue weighted by atomic mass is 9.65. The second-order valence-corrected chi connectivity index (χ2v) is 10.7. The van der Waals surface area contributed by atoms with Gasteiger partial charge in [0.15, 0.2) is 0 Å². The summed E-state index contributed by atoms with van der Waals surface area (Å²) in [5.41, 5.74) is 8.96. The third kappa shape index (κ3) is 3.28. The predicted octanol–water partition coefficient (Wildman–Crippen LogP) is 1.06. The van der Waals surface area contributed by atoms with E-state index in [0.717, 1.165) is 30.4 Å². The molecule has 4 heterocycles. The maximum Gasteiger partial charge on any atom is 0.252 e. The van der Waals surface area contributed by atoms with Crippen molar-refractivity contribution in [3.05, 3.63) is 36.4 Å². The van der Waals surface area contributed by atoms with Gasteiger partial charge in [0.25, 0.3) is 5.91 Å². The number of nitrogens with zero attached hydrogens (tertiary/aromatic N) is 5. The van der Waals surface area contributed by atoms with Gasteiger partial charge in [0.05, 0.1) is 35.4 Å². The molecule has 0 bridgehead atoms. The molecule has 3 aromatic heterocycles. The van der Waals surface area contributed by atoms with Gasteiger partial charge in [0.1, 0.15) is 0 Å². The van der Waals surface area contributed by atoms with Crippen LogP contribution in [0, 0.1) is 5.41 Å². The van der Waals surface area contributed by atoms with E-state index in [-0.39, 0.29) is 17.0 Å². The first kappa shape index (κ1) is 20.0. The number of aromatic nitrogens is 4. The molecule has 10 nitrogen and oxygen atoms in total. The van der Waals surface area contributed by atoms with Gasteiger partial charge in [-0.15, -0.1) is 0 Å². The molecule has 0 aromatic carbocycles. The van der Waals surface area contributed by atoms with Crippen molar-refractivity contribution in [2.24, 2.45) is 18.2 Å². The molecule has 1 saturated carbocycles. The molecule has 164 valence electrons. The van der Waals surface area contributed by atoms with Crippen LogP contribution in [0.5, 0.6) is 0 Å². The molecule has 2 fully saturated rings. The van der Waals surface area contributed by atoms with Crippen LogP contribution in [0.1, 0.15) is 29.6 Å². The molecule has 1 atom stereocenters. The van der Waals surface area contributed by atoms with Gasteiger partial charge in [-0.1, -0.05) is 6.42 Å². The third-order valence-corrected chi connectivity index (χ3v) is 7.91.